The average Bonchev–Trinajstić information content (AvgIpc) is 2.19. The van der Waals surface area contributed by atoms with Crippen LogP contribution in [0.5, 0.6) is 0 Å². The van der Waals surface area contributed by atoms with Crippen LogP contribution in [0, 0.1) is 5.92 Å². The van der Waals surface area contributed by atoms with E-state index in [9.17, 15) is 0 Å². The summed E-state index contributed by atoms with van der Waals surface area (Å²) in [6.45, 7) is 0. The van der Waals surface area contributed by atoms with Gasteiger partial charge >= 0.3 is 0 Å². The van der Waals surface area contributed by atoms with Crippen molar-refractivity contribution in [1.29, 1.82) is 0 Å². The van der Waals surface area contributed by atoms with E-state index >= 15 is 0 Å². The molecule has 0 aromatic rings. The third-order valence-corrected chi connectivity index (χ3v) is 3.18. The Morgan fingerprint density at radius 1 is 1.07 bits per heavy atom. The second kappa shape index (κ2) is 5.91. The fourth-order valence-corrected chi connectivity index (χ4v) is 2.56. The van der Waals surface area contributed by atoms with Crippen LogP contribution in [0.2, 0.25) is 0 Å². The van der Waals surface area contributed by atoms with Gasteiger partial charge in [0.25, 0.3) is 0 Å². The maximum atomic E-state index is 6.15. The maximum Gasteiger partial charge on any atom is 0.159 e. The van der Waals surface area contributed by atoms with E-state index in [1.54, 1.807) is 21.3 Å². The van der Waals surface area contributed by atoms with Gasteiger partial charge in [-0.2, -0.15) is 0 Å². The predicted molar refractivity (Wildman–Crippen MR) is 55.6 cm³/mol. The fraction of sp³-hybridized carbons (Fsp3) is 1.00. The molecule has 1 aliphatic carbocycles. The molecule has 0 saturated heterocycles. The SMILES string of the molecule is COC1CC(Cl)CC(C(OC)OC)C1. The second-order valence-electron chi connectivity index (χ2n) is 3.76. The highest BCUT2D eigenvalue weighted by Crippen LogP contribution is 2.32. The van der Waals surface area contributed by atoms with Crippen LogP contribution in [0.3, 0.4) is 0 Å². The van der Waals surface area contributed by atoms with Gasteiger partial charge in [0.2, 0.25) is 0 Å². The summed E-state index contributed by atoms with van der Waals surface area (Å²) in [5.41, 5.74) is 0. The highest BCUT2D eigenvalue weighted by Gasteiger charge is 2.32. The lowest BCUT2D eigenvalue weighted by Gasteiger charge is -2.34. The van der Waals surface area contributed by atoms with Crippen LogP contribution in [-0.4, -0.2) is 39.1 Å². The van der Waals surface area contributed by atoms with Crippen LogP contribution in [0.25, 0.3) is 0 Å². The van der Waals surface area contributed by atoms with Crippen molar-refractivity contribution in [1.82, 2.24) is 0 Å². The Morgan fingerprint density at radius 3 is 2.21 bits per heavy atom. The Morgan fingerprint density at radius 2 is 1.71 bits per heavy atom. The molecule has 84 valence electrons. The maximum absolute atomic E-state index is 6.15. The quantitative estimate of drug-likeness (QED) is 0.538. The van der Waals surface area contributed by atoms with E-state index in [1.807, 2.05) is 0 Å². The van der Waals surface area contributed by atoms with E-state index in [2.05, 4.69) is 0 Å². The zero-order valence-electron chi connectivity index (χ0n) is 9.03. The summed E-state index contributed by atoms with van der Waals surface area (Å²) in [4.78, 5) is 0. The first kappa shape index (κ1) is 12.2. The van der Waals surface area contributed by atoms with Crippen molar-refractivity contribution >= 4 is 11.6 Å². The van der Waals surface area contributed by atoms with Gasteiger partial charge in [-0.25, -0.2) is 0 Å². The molecule has 0 aromatic heterocycles. The zero-order valence-corrected chi connectivity index (χ0v) is 9.79. The molecule has 3 atom stereocenters. The first-order chi connectivity index (χ1) is 6.71. The molecule has 0 bridgehead atoms. The molecule has 0 amide bonds. The van der Waals surface area contributed by atoms with Crippen LogP contribution in [-0.2, 0) is 14.2 Å². The van der Waals surface area contributed by atoms with Gasteiger partial charge in [0.1, 0.15) is 0 Å². The minimum atomic E-state index is -0.158. The first-order valence-corrected chi connectivity index (χ1v) is 5.37. The molecule has 3 nitrogen and oxygen atoms in total. The van der Waals surface area contributed by atoms with Crippen molar-refractivity contribution in [2.24, 2.45) is 5.92 Å². The Bertz CT molecular complexity index is 161. The summed E-state index contributed by atoms with van der Waals surface area (Å²) in [7, 11) is 5.05. The smallest absolute Gasteiger partial charge is 0.159 e. The molecule has 4 heteroatoms. The van der Waals surface area contributed by atoms with Gasteiger partial charge in [-0.1, -0.05) is 0 Å². The minimum absolute atomic E-state index is 0.158. The van der Waals surface area contributed by atoms with E-state index in [0.717, 1.165) is 19.3 Å². The summed E-state index contributed by atoms with van der Waals surface area (Å²) in [5, 5.41) is 0.173. The number of halogens is 1. The topological polar surface area (TPSA) is 27.7 Å². The van der Waals surface area contributed by atoms with Crippen LogP contribution < -0.4 is 0 Å². The van der Waals surface area contributed by atoms with E-state index in [4.69, 9.17) is 25.8 Å². The van der Waals surface area contributed by atoms with Crippen LogP contribution in [0.4, 0.5) is 0 Å². The number of rotatable bonds is 4. The predicted octanol–water partition coefficient (Wildman–Crippen LogP) is 2.03. The molecule has 0 heterocycles. The van der Waals surface area contributed by atoms with Crippen molar-refractivity contribution < 1.29 is 14.2 Å². The molecule has 3 unspecified atom stereocenters. The molecule has 0 radical (unpaired) electrons. The number of methoxy groups -OCH3 is 3. The minimum Gasteiger partial charge on any atom is -0.381 e. The Hall–Kier alpha value is 0.170. The normalized spacial score (nSPS) is 33.6. The monoisotopic (exact) mass is 222 g/mol. The lowest BCUT2D eigenvalue weighted by molar-refractivity contribution is -0.152. The summed E-state index contributed by atoms with van der Waals surface area (Å²) < 4.78 is 15.8. The van der Waals surface area contributed by atoms with Gasteiger partial charge in [-0.3, -0.25) is 0 Å². The molecule has 0 aliphatic heterocycles. The lowest BCUT2D eigenvalue weighted by Crippen LogP contribution is -2.36. The van der Waals surface area contributed by atoms with Crippen molar-refractivity contribution in [2.75, 3.05) is 21.3 Å². The summed E-state index contributed by atoms with van der Waals surface area (Å²) in [6.07, 6.45) is 2.91. The van der Waals surface area contributed by atoms with Crippen molar-refractivity contribution in [3.8, 4) is 0 Å². The zero-order chi connectivity index (χ0) is 10.6. The average molecular weight is 223 g/mol. The number of hydrogen-bond acceptors (Lipinski definition) is 3. The van der Waals surface area contributed by atoms with Gasteiger partial charge in [-0.15, -0.1) is 11.6 Å². The van der Waals surface area contributed by atoms with Crippen LogP contribution in [0.1, 0.15) is 19.3 Å². The second-order valence-corrected chi connectivity index (χ2v) is 4.38. The number of hydrogen-bond donors (Lipinski definition) is 0. The molecule has 0 N–H and O–H groups in total. The lowest BCUT2D eigenvalue weighted by atomic mass is 9.86. The first-order valence-electron chi connectivity index (χ1n) is 4.93. The molecule has 0 aromatic carbocycles. The standard InChI is InChI=1S/C10H19ClO3/c1-12-9-5-7(4-8(11)6-9)10(13-2)14-3/h7-10H,4-6H2,1-3H3. The van der Waals surface area contributed by atoms with E-state index in [0.29, 0.717) is 5.92 Å². The molecular weight excluding hydrogens is 204 g/mol. The molecule has 1 saturated carbocycles. The highest BCUT2D eigenvalue weighted by atomic mass is 35.5. The summed E-state index contributed by atoms with van der Waals surface area (Å²) >= 11 is 6.15. The van der Waals surface area contributed by atoms with Crippen molar-refractivity contribution in [3.05, 3.63) is 0 Å². The van der Waals surface area contributed by atoms with Gasteiger partial charge < -0.3 is 14.2 Å². The third-order valence-electron chi connectivity index (χ3n) is 2.83. The van der Waals surface area contributed by atoms with E-state index in [-0.39, 0.29) is 17.8 Å². The van der Waals surface area contributed by atoms with Crippen molar-refractivity contribution in [2.45, 2.75) is 37.0 Å². The Labute approximate surface area is 90.7 Å². The van der Waals surface area contributed by atoms with Crippen LogP contribution >= 0.6 is 11.6 Å². The van der Waals surface area contributed by atoms with Gasteiger partial charge in [0.05, 0.1) is 6.10 Å². The summed E-state index contributed by atoms with van der Waals surface area (Å²) in [6, 6.07) is 0. The van der Waals surface area contributed by atoms with Gasteiger partial charge in [-0.05, 0) is 19.3 Å². The Balaban J connectivity index is 2.51. The molecule has 1 rings (SSSR count). The molecule has 1 aliphatic rings. The molecule has 14 heavy (non-hydrogen) atoms. The fourth-order valence-electron chi connectivity index (χ4n) is 2.14. The van der Waals surface area contributed by atoms with E-state index in [1.165, 1.54) is 0 Å². The molecule has 1 fully saturated rings. The van der Waals surface area contributed by atoms with Crippen molar-refractivity contribution in [3.63, 3.8) is 0 Å². The Kier molecular flexibility index (Phi) is 5.17. The molecular formula is C10H19ClO3. The number of ether oxygens (including phenoxy) is 3. The largest absolute Gasteiger partial charge is 0.381 e. The third kappa shape index (κ3) is 3.09. The number of alkyl halides is 1. The van der Waals surface area contributed by atoms with Gasteiger partial charge in [0.15, 0.2) is 6.29 Å². The highest BCUT2D eigenvalue weighted by molar-refractivity contribution is 6.20. The van der Waals surface area contributed by atoms with Crippen LogP contribution in [0.15, 0.2) is 0 Å². The van der Waals surface area contributed by atoms with Gasteiger partial charge in [0, 0.05) is 32.6 Å². The molecule has 0 spiro atoms. The van der Waals surface area contributed by atoms with E-state index < -0.39 is 0 Å². The summed E-state index contributed by atoms with van der Waals surface area (Å²) in [5.74, 6) is 0.339.